The Morgan fingerprint density at radius 2 is 1.83 bits per heavy atom. The van der Waals surface area contributed by atoms with Gasteiger partial charge in [0.1, 0.15) is 15.9 Å². The number of fused-ring (bicyclic) bond motifs is 1. The normalized spacial score (nSPS) is 11.7. The maximum atomic E-state index is 13.1. The van der Waals surface area contributed by atoms with E-state index in [1.165, 1.54) is 10.4 Å². The highest BCUT2D eigenvalue weighted by atomic mass is 32.2. The third kappa shape index (κ3) is 3.05. The quantitative estimate of drug-likeness (QED) is 0.738. The maximum absolute atomic E-state index is 13.1. The maximum Gasteiger partial charge on any atom is 0.266 e. The van der Waals surface area contributed by atoms with E-state index in [0.717, 1.165) is 11.7 Å². The van der Waals surface area contributed by atoms with E-state index in [1.807, 2.05) is 6.07 Å². The summed E-state index contributed by atoms with van der Waals surface area (Å²) in [4.78, 5) is 0.130. The Bertz CT molecular complexity index is 894. The van der Waals surface area contributed by atoms with Crippen LogP contribution in [0.5, 0.6) is 0 Å². The molecule has 23 heavy (non-hydrogen) atoms. The summed E-state index contributed by atoms with van der Waals surface area (Å²) in [7, 11) is -3.80. The van der Waals surface area contributed by atoms with Crippen LogP contribution in [0.15, 0.2) is 53.4 Å². The van der Waals surface area contributed by atoms with Crippen LogP contribution in [0, 0.1) is 0 Å². The average molecular weight is 349 g/mol. The molecule has 0 fully saturated rings. The number of aliphatic hydroxyl groups is 1. The van der Waals surface area contributed by atoms with E-state index >= 15 is 0 Å². The monoisotopic (exact) mass is 349 g/mol. The SMILES string of the molecule is O=S(=O)(c1cccc2nsnc12)N(CCCO)c1ccccc1. The van der Waals surface area contributed by atoms with Crippen molar-refractivity contribution in [3.05, 3.63) is 48.5 Å². The van der Waals surface area contributed by atoms with Crippen LogP contribution >= 0.6 is 11.7 Å². The second-order valence-electron chi connectivity index (χ2n) is 4.88. The van der Waals surface area contributed by atoms with Gasteiger partial charge in [0.15, 0.2) is 0 Å². The molecule has 1 heterocycles. The molecular weight excluding hydrogens is 334 g/mol. The van der Waals surface area contributed by atoms with Crippen LogP contribution in [0.3, 0.4) is 0 Å². The molecule has 0 spiro atoms. The molecule has 0 aliphatic rings. The molecule has 0 atom stereocenters. The zero-order valence-electron chi connectivity index (χ0n) is 12.2. The summed E-state index contributed by atoms with van der Waals surface area (Å²) in [5.41, 5.74) is 1.50. The standard InChI is InChI=1S/C15H15N3O3S2/c19-11-5-10-18(12-6-2-1-3-7-12)23(20,21)14-9-4-8-13-15(14)17-22-16-13/h1-4,6-9,19H,5,10-11H2. The van der Waals surface area contributed by atoms with E-state index in [0.29, 0.717) is 23.1 Å². The minimum atomic E-state index is -3.80. The molecule has 0 unspecified atom stereocenters. The lowest BCUT2D eigenvalue weighted by Gasteiger charge is -2.24. The minimum absolute atomic E-state index is 0.0820. The molecule has 0 aliphatic heterocycles. The zero-order valence-corrected chi connectivity index (χ0v) is 13.8. The second kappa shape index (κ2) is 6.61. The van der Waals surface area contributed by atoms with Crippen molar-refractivity contribution in [2.24, 2.45) is 0 Å². The third-order valence-corrected chi connectivity index (χ3v) is 5.78. The second-order valence-corrected chi connectivity index (χ2v) is 7.24. The average Bonchev–Trinajstić information content (AvgIpc) is 3.04. The van der Waals surface area contributed by atoms with E-state index in [-0.39, 0.29) is 18.0 Å². The Balaban J connectivity index is 2.12. The lowest BCUT2D eigenvalue weighted by atomic mass is 10.3. The molecule has 8 heteroatoms. The molecule has 6 nitrogen and oxygen atoms in total. The van der Waals surface area contributed by atoms with Crippen molar-refractivity contribution in [1.29, 1.82) is 0 Å². The van der Waals surface area contributed by atoms with Gasteiger partial charge in [-0.1, -0.05) is 24.3 Å². The minimum Gasteiger partial charge on any atom is -0.396 e. The van der Waals surface area contributed by atoms with E-state index in [9.17, 15) is 8.42 Å². The summed E-state index contributed by atoms with van der Waals surface area (Å²) >= 11 is 0.986. The Morgan fingerprint density at radius 1 is 1.04 bits per heavy atom. The Hall–Kier alpha value is -2.03. The van der Waals surface area contributed by atoms with Crippen LogP contribution in [0.4, 0.5) is 5.69 Å². The number of para-hydroxylation sites is 1. The number of rotatable bonds is 6. The summed E-state index contributed by atoms with van der Waals surface area (Å²) in [6.45, 7) is 0.109. The van der Waals surface area contributed by atoms with Crippen LogP contribution < -0.4 is 4.31 Å². The highest BCUT2D eigenvalue weighted by Crippen LogP contribution is 2.28. The molecule has 1 aromatic heterocycles. The van der Waals surface area contributed by atoms with Crippen molar-refractivity contribution in [3.8, 4) is 0 Å². The van der Waals surface area contributed by atoms with Crippen molar-refractivity contribution in [2.45, 2.75) is 11.3 Å². The lowest BCUT2D eigenvalue weighted by Crippen LogP contribution is -2.32. The van der Waals surface area contributed by atoms with Gasteiger partial charge in [-0.2, -0.15) is 8.75 Å². The summed E-state index contributed by atoms with van der Waals surface area (Å²) < 4.78 is 35.8. The Kier molecular flexibility index (Phi) is 4.56. The van der Waals surface area contributed by atoms with Gasteiger partial charge in [0.2, 0.25) is 0 Å². The summed E-state index contributed by atoms with van der Waals surface area (Å²) in [6, 6.07) is 13.8. The molecule has 3 rings (SSSR count). The molecule has 2 aromatic carbocycles. The smallest absolute Gasteiger partial charge is 0.266 e. The lowest BCUT2D eigenvalue weighted by molar-refractivity contribution is 0.291. The predicted octanol–water partition coefficient (Wildman–Crippen LogP) is 2.27. The van der Waals surface area contributed by atoms with Crippen molar-refractivity contribution >= 4 is 38.5 Å². The molecular formula is C15H15N3O3S2. The number of benzene rings is 2. The van der Waals surface area contributed by atoms with Gasteiger partial charge in [0, 0.05) is 13.2 Å². The van der Waals surface area contributed by atoms with Crippen molar-refractivity contribution in [3.63, 3.8) is 0 Å². The van der Waals surface area contributed by atoms with Gasteiger partial charge < -0.3 is 5.11 Å². The first-order chi connectivity index (χ1) is 11.1. The molecule has 0 aliphatic carbocycles. The fourth-order valence-electron chi connectivity index (χ4n) is 2.30. The largest absolute Gasteiger partial charge is 0.396 e. The number of hydrogen-bond acceptors (Lipinski definition) is 6. The van der Waals surface area contributed by atoms with Crippen molar-refractivity contribution in [1.82, 2.24) is 8.75 Å². The van der Waals surface area contributed by atoms with Gasteiger partial charge in [-0.05, 0) is 30.7 Å². The molecule has 0 bridgehead atoms. The third-order valence-electron chi connectivity index (χ3n) is 3.38. The molecule has 3 aromatic rings. The molecule has 0 radical (unpaired) electrons. The van der Waals surface area contributed by atoms with Gasteiger partial charge in [-0.15, -0.1) is 0 Å². The van der Waals surface area contributed by atoms with Gasteiger partial charge in [-0.25, -0.2) is 8.42 Å². The summed E-state index contributed by atoms with van der Waals surface area (Å²) in [6.07, 6.45) is 0.347. The van der Waals surface area contributed by atoms with Crippen LogP contribution in [0.25, 0.3) is 11.0 Å². The van der Waals surface area contributed by atoms with E-state index < -0.39 is 10.0 Å². The van der Waals surface area contributed by atoms with Crippen LogP contribution in [-0.4, -0.2) is 35.4 Å². The van der Waals surface area contributed by atoms with Crippen molar-refractivity contribution < 1.29 is 13.5 Å². The van der Waals surface area contributed by atoms with Gasteiger partial charge in [0.05, 0.1) is 17.4 Å². The molecule has 1 N–H and O–H groups in total. The first-order valence-electron chi connectivity index (χ1n) is 7.04. The van der Waals surface area contributed by atoms with Gasteiger partial charge >= 0.3 is 0 Å². The number of sulfonamides is 1. The van der Waals surface area contributed by atoms with E-state index in [1.54, 1.807) is 36.4 Å². The van der Waals surface area contributed by atoms with Gasteiger partial charge in [0.25, 0.3) is 10.0 Å². The number of nitrogens with zero attached hydrogens (tertiary/aromatic N) is 3. The highest BCUT2D eigenvalue weighted by molar-refractivity contribution is 7.93. The topological polar surface area (TPSA) is 83.4 Å². The predicted molar refractivity (Wildman–Crippen MR) is 90.1 cm³/mol. The molecule has 0 saturated heterocycles. The van der Waals surface area contributed by atoms with Gasteiger partial charge in [-0.3, -0.25) is 4.31 Å². The fourth-order valence-corrected chi connectivity index (χ4v) is 4.56. The number of aromatic nitrogens is 2. The number of anilines is 1. The fraction of sp³-hybridized carbons (Fsp3) is 0.200. The van der Waals surface area contributed by atoms with Crippen LogP contribution in [0.1, 0.15) is 6.42 Å². The first kappa shape index (κ1) is 15.9. The van der Waals surface area contributed by atoms with Crippen LogP contribution in [0.2, 0.25) is 0 Å². The summed E-state index contributed by atoms with van der Waals surface area (Å²) in [5.74, 6) is 0. The Morgan fingerprint density at radius 3 is 2.57 bits per heavy atom. The van der Waals surface area contributed by atoms with Crippen molar-refractivity contribution in [2.75, 3.05) is 17.5 Å². The Labute approximate surface area is 138 Å². The molecule has 0 amide bonds. The van der Waals surface area contributed by atoms with Crippen LogP contribution in [-0.2, 0) is 10.0 Å². The highest BCUT2D eigenvalue weighted by Gasteiger charge is 2.27. The van der Waals surface area contributed by atoms with E-state index in [4.69, 9.17) is 5.11 Å². The number of aliphatic hydroxyl groups excluding tert-OH is 1. The zero-order chi connectivity index (χ0) is 16.3. The number of hydrogen-bond donors (Lipinski definition) is 1. The molecule has 0 saturated carbocycles. The molecule has 120 valence electrons. The summed E-state index contributed by atoms with van der Waals surface area (Å²) in [5, 5.41) is 9.09. The van der Waals surface area contributed by atoms with E-state index in [2.05, 4.69) is 8.75 Å². The first-order valence-corrected chi connectivity index (χ1v) is 9.21.